The topological polar surface area (TPSA) is 66.4 Å². The summed E-state index contributed by atoms with van der Waals surface area (Å²) in [6.45, 7) is 5.67. The van der Waals surface area contributed by atoms with Crippen LogP contribution in [0.5, 0.6) is 0 Å². The molecule has 2 unspecified atom stereocenters. The molecule has 1 saturated carbocycles. The minimum atomic E-state index is -0.852. The highest BCUT2D eigenvalue weighted by Gasteiger charge is 2.45. The van der Waals surface area contributed by atoms with Gasteiger partial charge in [0.05, 0.1) is 5.41 Å². The molecule has 20 heavy (non-hydrogen) atoms. The van der Waals surface area contributed by atoms with E-state index >= 15 is 0 Å². The third-order valence-electron chi connectivity index (χ3n) is 4.52. The lowest BCUT2D eigenvalue weighted by Crippen LogP contribution is -2.47. The monoisotopic (exact) mass is 275 g/mol. The summed E-state index contributed by atoms with van der Waals surface area (Å²) in [4.78, 5) is 23.7. The van der Waals surface area contributed by atoms with E-state index in [4.69, 9.17) is 0 Å². The molecular formula is C16H21NO3. The summed E-state index contributed by atoms with van der Waals surface area (Å²) in [5.74, 6) is -1.02. The molecule has 108 valence electrons. The van der Waals surface area contributed by atoms with E-state index in [0.29, 0.717) is 12.0 Å². The van der Waals surface area contributed by atoms with Gasteiger partial charge in [-0.1, -0.05) is 12.5 Å². The Bertz CT molecular complexity index is 553. The fraction of sp³-hybridized carbons (Fsp3) is 0.500. The summed E-state index contributed by atoms with van der Waals surface area (Å²) >= 11 is 0. The van der Waals surface area contributed by atoms with Crippen LogP contribution in [-0.4, -0.2) is 23.0 Å². The van der Waals surface area contributed by atoms with Crippen molar-refractivity contribution in [3.8, 4) is 0 Å². The minimum absolute atomic E-state index is 0.188. The average Bonchev–Trinajstić information content (AvgIpc) is 2.75. The second-order valence-electron chi connectivity index (χ2n) is 5.94. The Balaban J connectivity index is 2.15. The van der Waals surface area contributed by atoms with Crippen molar-refractivity contribution in [3.05, 3.63) is 34.9 Å². The third-order valence-corrected chi connectivity index (χ3v) is 4.52. The zero-order valence-corrected chi connectivity index (χ0v) is 12.2. The van der Waals surface area contributed by atoms with Gasteiger partial charge in [-0.3, -0.25) is 9.59 Å². The van der Waals surface area contributed by atoms with E-state index in [-0.39, 0.29) is 11.9 Å². The average molecular weight is 275 g/mol. The van der Waals surface area contributed by atoms with E-state index in [2.05, 4.69) is 5.32 Å². The van der Waals surface area contributed by atoms with E-state index in [0.717, 1.165) is 24.0 Å². The van der Waals surface area contributed by atoms with Gasteiger partial charge in [0, 0.05) is 11.6 Å². The van der Waals surface area contributed by atoms with Crippen LogP contribution in [0.4, 0.5) is 0 Å². The van der Waals surface area contributed by atoms with E-state index in [1.165, 1.54) is 0 Å². The van der Waals surface area contributed by atoms with Crippen molar-refractivity contribution in [1.82, 2.24) is 5.32 Å². The lowest BCUT2D eigenvalue weighted by atomic mass is 9.85. The Kier molecular flexibility index (Phi) is 3.84. The molecular weight excluding hydrogens is 254 g/mol. The van der Waals surface area contributed by atoms with Crippen molar-refractivity contribution in [2.75, 3.05) is 0 Å². The second-order valence-corrected chi connectivity index (χ2v) is 5.94. The van der Waals surface area contributed by atoms with Gasteiger partial charge in [-0.2, -0.15) is 0 Å². The first-order valence-electron chi connectivity index (χ1n) is 6.96. The van der Waals surface area contributed by atoms with Gasteiger partial charge < -0.3 is 10.4 Å². The molecule has 1 fully saturated rings. The highest BCUT2D eigenvalue weighted by molar-refractivity contribution is 5.95. The first kappa shape index (κ1) is 14.6. The molecule has 0 saturated heterocycles. The fourth-order valence-corrected chi connectivity index (χ4v) is 2.78. The Hall–Kier alpha value is -1.84. The van der Waals surface area contributed by atoms with Gasteiger partial charge in [0.2, 0.25) is 0 Å². The third kappa shape index (κ3) is 2.55. The van der Waals surface area contributed by atoms with Gasteiger partial charge in [-0.05, 0) is 56.9 Å². The maximum absolute atomic E-state index is 12.3. The molecule has 0 aliphatic heterocycles. The van der Waals surface area contributed by atoms with Crippen LogP contribution in [0.25, 0.3) is 0 Å². The number of rotatable bonds is 3. The summed E-state index contributed by atoms with van der Waals surface area (Å²) in [7, 11) is 0. The number of nitrogens with one attached hydrogen (secondary N) is 1. The molecule has 0 bridgehead atoms. The van der Waals surface area contributed by atoms with Crippen molar-refractivity contribution in [1.29, 1.82) is 0 Å². The standard InChI is InChI=1S/C16H21NO3/c1-10-6-7-12(9-11(10)2)14(18)17-13-5-4-8-16(13,3)15(19)20/h6-7,9,13H,4-5,8H2,1-3H3,(H,17,18)(H,19,20). The molecule has 2 rings (SSSR count). The van der Waals surface area contributed by atoms with Crippen LogP contribution in [0, 0.1) is 19.3 Å². The summed E-state index contributed by atoms with van der Waals surface area (Å²) in [6, 6.07) is 5.24. The van der Waals surface area contributed by atoms with E-state index in [9.17, 15) is 14.7 Å². The lowest BCUT2D eigenvalue weighted by molar-refractivity contribution is -0.148. The molecule has 4 nitrogen and oxygen atoms in total. The van der Waals surface area contributed by atoms with Crippen LogP contribution in [-0.2, 0) is 4.79 Å². The molecule has 1 aromatic carbocycles. The molecule has 1 aliphatic rings. The number of carbonyl (C=O) groups is 2. The van der Waals surface area contributed by atoms with Crippen molar-refractivity contribution in [2.45, 2.75) is 46.1 Å². The van der Waals surface area contributed by atoms with E-state index in [1.54, 1.807) is 13.0 Å². The number of carboxylic acid groups (broad SMARTS) is 1. The number of carboxylic acids is 1. The fourth-order valence-electron chi connectivity index (χ4n) is 2.78. The Morgan fingerprint density at radius 1 is 1.30 bits per heavy atom. The van der Waals surface area contributed by atoms with Crippen LogP contribution < -0.4 is 5.32 Å². The summed E-state index contributed by atoms with van der Waals surface area (Å²) in [5, 5.41) is 12.2. The number of benzene rings is 1. The first-order chi connectivity index (χ1) is 9.34. The second kappa shape index (κ2) is 5.27. The molecule has 1 aliphatic carbocycles. The van der Waals surface area contributed by atoms with Crippen molar-refractivity contribution in [2.24, 2.45) is 5.41 Å². The van der Waals surface area contributed by atoms with Gasteiger partial charge in [-0.15, -0.1) is 0 Å². The number of amides is 1. The molecule has 0 aromatic heterocycles. The largest absolute Gasteiger partial charge is 0.481 e. The predicted octanol–water partition coefficient (Wildman–Crippen LogP) is 2.68. The Morgan fingerprint density at radius 2 is 2.00 bits per heavy atom. The molecule has 0 heterocycles. The lowest BCUT2D eigenvalue weighted by Gasteiger charge is -2.27. The number of hydrogen-bond donors (Lipinski definition) is 2. The van der Waals surface area contributed by atoms with Gasteiger partial charge in [0.15, 0.2) is 0 Å². The number of aryl methyl sites for hydroxylation is 2. The van der Waals surface area contributed by atoms with Crippen molar-refractivity contribution >= 4 is 11.9 Å². The highest BCUT2D eigenvalue weighted by atomic mass is 16.4. The van der Waals surface area contributed by atoms with E-state index < -0.39 is 11.4 Å². The zero-order valence-electron chi connectivity index (χ0n) is 12.2. The molecule has 1 aromatic rings. The van der Waals surface area contributed by atoms with E-state index in [1.807, 2.05) is 26.0 Å². The van der Waals surface area contributed by atoms with Crippen LogP contribution in [0.3, 0.4) is 0 Å². The number of aliphatic carboxylic acids is 1. The van der Waals surface area contributed by atoms with Crippen LogP contribution in [0.15, 0.2) is 18.2 Å². The number of carbonyl (C=O) groups excluding carboxylic acids is 1. The summed E-state index contributed by atoms with van der Waals surface area (Å²) in [6.07, 6.45) is 2.17. The summed E-state index contributed by atoms with van der Waals surface area (Å²) in [5.41, 5.74) is 1.94. The molecule has 1 amide bonds. The van der Waals surface area contributed by atoms with Crippen LogP contribution >= 0.6 is 0 Å². The Labute approximate surface area is 119 Å². The Morgan fingerprint density at radius 3 is 2.60 bits per heavy atom. The van der Waals surface area contributed by atoms with Gasteiger partial charge in [-0.25, -0.2) is 0 Å². The molecule has 4 heteroatoms. The predicted molar refractivity (Wildman–Crippen MR) is 76.8 cm³/mol. The minimum Gasteiger partial charge on any atom is -0.481 e. The molecule has 2 N–H and O–H groups in total. The van der Waals surface area contributed by atoms with Crippen molar-refractivity contribution < 1.29 is 14.7 Å². The number of hydrogen-bond acceptors (Lipinski definition) is 2. The highest BCUT2D eigenvalue weighted by Crippen LogP contribution is 2.38. The summed E-state index contributed by atoms with van der Waals surface area (Å²) < 4.78 is 0. The molecule has 0 spiro atoms. The van der Waals surface area contributed by atoms with Crippen molar-refractivity contribution in [3.63, 3.8) is 0 Å². The van der Waals surface area contributed by atoms with Gasteiger partial charge in [0.1, 0.15) is 0 Å². The van der Waals surface area contributed by atoms with Gasteiger partial charge >= 0.3 is 5.97 Å². The zero-order chi connectivity index (χ0) is 14.9. The maximum atomic E-state index is 12.3. The smallest absolute Gasteiger partial charge is 0.311 e. The van der Waals surface area contributed by atoms with Crippen LogP contribution in [0.1, 0.15) is 47.7 Å². The van der Waals surface area contributed by atoms with Gasteiger partial charge in [0.25, 0.3) is 5.91 Å². The van der Waals surface area contributed by atoms with Crippen LogP contribution in [0.2, 0.25) is 0 Å². The SMILES string of the molecule is Cc1ccc(C(=O)NC2CCCC2(C)C(=O)O)cc1C. The molecule has 2 atom stereocenters. The maximum Gasteiger partial charge on any atom is 0.311 e. The first-order valence-corrected chi connectivity index (χ1v) is 6.96. The normalized spacial score (nSPS) is 25.4. The quantitative estimate of drug-likeness (QED) is 0.891. The molecule has 0 radical (unpaired) electrons.